The van der Waals surface area contributed by atoms with E-state index in [0.717, 1.165) is 18.9 Å². The Kier molecular flexibility index (Phi) is 4.62. The van der Waals surface area contributed by atoms with Gasteiger partial charge < -0.3 is 10.1 Å². The van der Waals surface area contributed by atoms with Crippen LogP contribution in [0.15, 0.2) is 0 Å². The van der Waals surface area contributed by atoms with Crippen molar-refractivity contribution in [3.05, 3.63) is 0 Å². The predicted octanol–water partition coefficient (Wildman–Crippen LogP) is 1.80. The van der Waals surface area contributed by atoms with Crippen molar-refractivity contribution in [2.75, 3.05) is 19.7 Å². The molecule has 0 aromatic carbocycles. The predicted molar refractivity (Wildman–Crippen MR) is 51.3 cm³/mol. The van der Waals surface area contributed by atoms with Gasteiger partial charge in [0, 0.05) is 6.61 Å². The van der Waals surface area contributed by atoms with Gasteiger partial charge in [-0.25, -0.2) is 0 Å². The largest absolute Gasteiger partial charge is 0.379 e. The summed E-state index contributed by atoms with van der Waals surface area (Å²) in [5, 5.41) is 3.37. The van der Waals surface area contributed by atoms with E-state index >= 15 is 0 Å². The monoisotopic (exact) mass is 171 g/mol. The zero-order chi connectivity index (χ0) is 8.81. The second-order valence-electron chi connectivity index (χ2n) is 3.74. The maximum atomic E-state index is 5.63. The van der Waals surface area contributed by atoms with Gasteiger partial charge >= 0.3 is 0 Å². The fraction of sp³-hybridized carbons (Fsp3) is 1.00. The van der Waals surface area contributed by atoms with Crippen LogP contribution in [0.1, 0.15) is 33.1 Å². The molecule has 2 atom stereocenters. The number of ether oxygens (including phenoxy) is 1. The molecule has 0 amide bonds. The highest BCUT2D eigenvalue weighted by Crippen LogP contribution is 2.12. The second-order valence-corrected chi connectivity index (χ2v) is 3.74. The smallest absolute Gasteiger partial charge is 0.0544 e. The quantitative estimate of drug-likeness (QED) is 0.681. The van der Waals surface area contributed by atoms with E-state index in [0.29, 0.717) is 6.10 Å². The van der Waals surface area contributed by atoms with Gasteiger partial charge in [0.25, 0.3) is 0 Å². The van der Waals surface area contributed by atoms with Gasteiger partial charge in [0.2, 0.25) is 0 Å². The van der Waals surface area contributed by atoms with Gasteiger partial charge in [0.1, 0.15) is 0 Å². The highest BCUT2D eigenvalue weighted by atomic mass is 16.5. The summed E-state index contributed by atoms with van der Waals surface area (Å²) in [5.74, 6) is 0.869. The molecule has 1 aliphatic heterocycles. The van der Waals surface area contributed by atoms with Gasteiger partial charge in [-0.1, -0.05) is 6.92 Å². The molecule has 12 heavy (non-hydrogen) atoms. The normalized spacial score (nSPS) is 26.0. The van der Waals surface area contributed by atoms with Crippen LogP contribution in [0.2, 0.25) is 0 Å². The van der Waals surface area contributed by atoms with E-state index in [-0.39, 0.29) is 0 Å². The number of nitrogens with one attached hydrogen (secondary N) is 1. The Morgan fingerprint density at radius 2 is 2.42 bits per heavy atom. The molecule has 0 aliphatic carbocycles. The van der Waals surface area contributed by atoms with Crippen LogP contribution in [0.25, 0.3) is 0 Å². The average molecular weight is 171 g/mol. The molecule has 1 saturated heterocycles. The molecule has 0 spiro atoms. The van der Waals surface area contributed by atoms with Crippen LogP contribution in [0.5, 0.6) is 0 Å². The molecular formula is C10H21NO. The van der Waals surface area contributed by atoms with Crippen LogP contribution < -0.4 is 5.32 Å². The van der Waals surface area contributed by atoms with E-state index in [2.05, 4.69) is 19.2 Å². The van der Waals surface area contributed by atoms with Gasteiger partial charge in [0.15, 0.2) is 0 Å². The fourth-order valence-electron chi connectivity index (χ4n) is 1.51. The Morgan fingerprint density at radius 1 is 1.58 bits per heavy atom. The van der Waals surface area contributed by atoms with Crippen molar-refractivity contribution in [2.45, 2.75) is 39.2 Å². The summed E-state index contributed by atoms with van der Waals surface area (Å²) in [7, 11) is 0. The van der Waals surface area contributed by atoms with Crippen molar-refractivity contribution in [3.63, 3.8) is 0 Å². The summed E-state index contributed by atoms with van der Waals surface area (Å²) < 4.78 is 5.63. The minimum atomic E-state index is 0.444. The Labute approximate surface area is 75.7 Å². The van der Waals surface area contributed by atoms with Crippen molar-refractivity contribution >= 4 is 0 Å². The van der Waals surface area contributed by atoms with Gasteiger partial charge in [-0.2, -0.15) is 0 Å². The third-order valence-corrected chi connectivity index (χ3v) is 2.67. The van der Waals surface area contributed by atoms with Gasteiger partial charge in [0.05, 0.1) is 6.10 Å². The molecule has 1 fully saturated rings. The van der Waals surface area contributed by atoms with Gasteiger partial charge in [-0.15, -0.1) is 0 Å². The molecule has 2 heteroatoms. The lowest BCUT2D eigenvalue weighted by atomic mass is 10.1. The van der Waals surface area contributed by atoms with E-state index in [1.54, 1.807) is 0 Å². The molecule has 1 aliphatic rings. The van der Waals surface area contributed by atoms with E-state index in [1.165, 1.54) is 25.9 Å². The Bertz CT molecular complexity index is 110. The maximum absolute atomic E-state index is 5.63. The zero-order valence-electron chi connectivity index (χ0n) is 8.31. The maximum Gasteiger partial charge on any atom is 0.0544 e. The molecule has 0 bridgehead atoms. The van der Waals surface area contributed by atoms with Crippen LogP contribution in [0, 0.1) is 5.92 Å². The summed E-state index contributed by atoms with van der Waals surface area (Å²) >= 11 is 0. The molecular weight excluding hydrogens is 150 g/mol. The summed E-state index contributed by atoms with van der Waals surface area (Å²) in [4.78, 5) is 0. The Hall–Kier alpha value is -0.0800. The zero-order valence-corrected chi connectivity index (χ0v) is 8.31. The van der Waals surface area contributed by atoms with Crippen LogP contribution in [0.4, 0.5) is 0 Å². The fourth-order valence-corrected chi connectivity index (χ4v) is 1.51. The van der Waals surface area contributed by atoms with Crippen LogP contribution in [0.3, 0.4) is 0 Å². The van der Waals surface area contributed by atoms with E-state index in [1.807, 2.05) is 0 Å². The third-order valence-electron chi connectivity index (χ3n) is 2.67. The van der Waals surface area contributed by atoms with E-state index in [4.69, 9.17) is 4.74 Å². The highest BCUT2D eigenvalue weighted by molar-refractivity contribution is 4.70. The van der Waals surface area contributed by atoms with Crippen molar-refractivity contribution in [3.8, 4) is 0 Å². The molecule has 1 rings (SSSR count). The molecule has 2 nitrogen and oxygen atoms in total. The minimum absolute atomic E-state index is 0.444. The molecule has 0 aromatic heterocycles. The topological polar surface area (TPSA) is 21.3 Å². The van der Waals surface area contributed by atoms with E-state index in [9.17, 15) is 0 Å². The number of hydrogen-bond donors (Lipinski definition) is 1. The lowest BCUT2D eigenvalue weighted by Gasteiger charge is -2.12. The van der Waals surface area contributed by atoms with Gasteiger partial charge in [-0.05, 0) is 45.2 Å². The molecule has 2 unspecified atom stereocenters. The molecule has 0 aromatic rings. The molecule has 0 radical (unpaired) electrons. The lowest BCUT2D eigenvalue weighted by Crippen LogP contribution is -2.13. The standard InChI is InChI=1S/C10H21NO/c1-3-9(2)12-7-5-10-4-6-11-8-10/h9-11H,3-8H2,1-2H3. The van der Waals surface area contributed by atoms with E-state index < -0.39 is 0 Å². The van der Waals surface area contributed by atoms with Crippen molar-refractivity contribution in [1.82, 2.24) is 5.32 Å². The molecule has 1 N–H and O–H groups in total. The first-order valence-corrected chi connectivity index (χ1v) is 5.15. The van der Waals surface area contributed by atoms with Crippen LogP contribution in [-0.2, 0) is 4.74 Å². The third kappa shape index (κ3) is 3.55. The summed E-state index contributed by atoms with van der Waals surface area (Å²) in [6, 6.07) is 0. The summed E-state index contributed by atoms with van der Waals surface area (Å²) in [6.45, 7) is 7.66. The van der Waals surface area contributed by atoms with Crippen molar-refractivity contribution < 1.29 is 4.74 Å². The van der Waals surface area contributed by atoms with Crippen LogP contribution in [-0.4, -0.2) is 25.8 Å². The molecule has 1 heterocycles. The van der Waals surface area contributed by atoms with Gasteiger partial charge in [-0.3, -0.25) is 0 Å². The number of hydrogen-bond acceptors (Lipinski definition) is 2. The average Bonchev–Trinajstić information content (AvgIpc) is 2.57. The Morgan fingerprint density at radius 3 is 3.00 bits per heavy atom. The summed E-state index contributed by atoms with van der Waals surface area (Å²) in [6.07, 6.45) is 4.14. The summed E-state index contributed by atoms with van der Waals surface area (Å²) in [5.41, 5.74) is 0. The first-order chi connectivity index (χ1) is 5.83. The van der Waals surface area contributed by atoms with Crippen molar-refractivity contribution in [2.24, 2.45) is 5.92 Å². The Balaban J connectivity index is 1.94. The van der Waals surface area contributed by atoms with Crippen LogP contribution >= 0.6 is 0 Å². The lowest BCUT2D eigenvalue weighted by molar-refractivity contribution is 0.0555. The number of rotatable bonds is 5. The first-order valence-electron chi connectivity index (χ1n) is 5.15. The molecule has 0 saturated carbocycles. The van der Waals surface area contributed by atoms with Crippen molar-refractivity contribution in [1.29, 1.82) is 0 Å². The minimum Gasteiger partial charge on any atom is -0.379 e. The highest BCUT2D eigenvalue weighted by Gasteiger charge is 2.13. The molecule has 72 valence electrons. The SMILES string of the molecule is CCC(C)OCCC1CCNC1. The second kappa shape index (κ2) is 5.55. The first kappa shape index (κ1) is 10.0.